The average molecular weight is 322 g/mol. The van der Waals surface area contributed by atoms with E-state index < -0.39 is 15.3 Å². The lowest BCUT2D eigenvalue weighted by molar-refractivity contribution is 0.593. The van der Waals surface area contributed by atoms with Gasteiger partial charge < -0.3 is 5.73 Å². The summed E-state index contributed by atoms with van der Waals surface area (Å²) in [6, 6.07) is 8.90. The summed E-state index contributed by atoms with van der Waals surface area (Å²) >= 11 is 1.17. The molecule has 0 radical (unpaired) electrons. The van der Waals surface area contributed by atoms with Crippen molar-refractivity contribution in [3.05, 3.63) is 29.6 Å². The molecule has 0 saturated carbocycles. The summed E-state index contributed by atoms with van der Waals surface area (Å²) in [6.45, 7) is 1.65. The zero-order valence-corrected chi connectivity index (χ0v) is 12.9. The van der Waals surface area contributed by atoms with Crippen LogP contribution in [0.1, 0.15) is 13.3 Å². The number of anilines is 2. The van der Waals surface area contributed by atoms with E-state index in [0.29, 0.717) is 11.4 Å². The lowest BCUT2D eigenvalue weighted by Crippen LogP contribution is -2.25. The van der Waals surface area contributed by atoms with Crippen molar-refractivity contribution in [3.8, 4) is 17.3 Å². The van der Waals surface area contributed by atoms with Crippen molar-refractivity contribution in [1.82, 2.24) is 4.98 Å². The van der Waals surface area contributed by atoms with Gasteiger partial charge in [-0.25, -0.2) is 13.4 Å². The topological polar surface area (TPSA) is 109 Å². The van der Waals surface area contributed by atoms with Crippen LogP contribution in [0.5, 0.6) is 0 Å². The van der Waals surface area contributed by atoms with E-state index in [2.05, 4.69) is 9.71 Å². The summed E-state index contributed by atoms with van der Waals surface area (Å²) in [7, 11) is -3.73. The third-order valence-corrected chi connectivity index (χ3v) is 5.38. The number of thiazole rings is 1. The van der Waals surface area contributed by atoms with Crippen LogP contribution in [0.25, 0.3) is 11.3 Å². The quantitative estimate of drug-likeness (QED) is 0.822. The first-order valence-corrected chi connectivity index (χ1v) is 8.61. The van der Waals surface area contributed by atoms with E-state index in [0.717, 1.165) is 5.56 Å². The number of rotatable bonds is 5. The summed E-state index contributed by atoms with van der Waals surface area (Å²) in [6.07, 6.45) is 0.224. The first-order chi connectivity index (χ1) is 9.96. The molecule has 0 fully saturated rings. The Hall–Kier alpha value is -2.11. The number of nitrogens with zero attached hydrogens (tertiary/aromatic N) is 2. The second kappa shape index (κ2) is 6.11. The van der Waals surface area contributed by atoms with Crippen molar-refractivity contribution in [2.24, 2.45) is 0 Å². The number of sulfonamides is 1. The van der Waals surface area contributed by atoms with Crippen LogP contribution in [0.3, 0.4) is 0 Å². The number of benzene rings is 1. The van der Waals surface area contributed by atoms with Gasteiger partial charge in [0.25, 0.3) is 10.0 Å². The van der Waals surface area contributed by atoms with Crippen molar-refractivity contribution in [2.75, 3.05) is 10.5 Å². The van der Waals surface area contributed by atoms with Gasteiger partial charge in [0.1, 0.15) is 0 Å². The summed E-state index contributed by atoms with van der Waals surface area (Å²) in [5.74, 6) is 0. The maximum absolute atomic E-state index is 12.0. The Balaban J connectivity index is 2.21. The number of hydrogen-bond donors (Lipinski definition) is 2. The van der Waals surface area contributed by atoms with E-state index in [1.165, 1.54) is 11.3 Å². The molecule has 2 rings (SSSR count). The molecule has 1 heterocycles. The zero-order chi connectivity index (χ0) is 15.5. The third-order valence-electron chi connectivity index (χ3n) is 2.83. The van der Waals surface area contributed by atoms with Gasteiger partial charge in [0.05, 0.1) is 11.8 Å². The molecule has 110 valence electrons. The van der Waals surface area contributed by atoms with Crippen LogP contribution in [-0.2, 0) is 10.0 Å². The second-order valence-electron chi connectivity index (χ2n) is 4.33. The van der Waals surface area contributed by atoms with E-state index >= 15 is 0 Å². The maximum atomic E-state index is 12.0. The maximum Gasteiger partial charge on any atom is 0.250 e. The highest BCUT2D eigenvalue weighted by Gasteiger charge is 2.24. The smallest absolute Gasteiger partial charge is 0.250 e. The van der Waals surface area contributed by atoms with Crippen molar-refractivity contribution in [1.29, 1.82) is 5.26 Å². The minimum absolute atomic E-state index is 0.224. The minimum atomic E-state index is -3.73. The fourth-order valence-electron chi connectivity index (χ4n) is 1.68. The molecule has 1 unspecified atom stereocenters. The number of nitrogens with one attached hydrogen (secondary N) is 1. The Labute approximate surface area is 127 Å². The predicted octanol–water partition coefficient (Wildman–Crippen LogP) is 2.44. The standard InChI is InChI=1S/C13H14N4O2S2/c1-2-11(7-14)21(18,19)17-13-16-12(8-20-13)9-3-5-10(15)6-4-9/h3-6,8,11H,2,15H2,1H3,(H,16,17). The van der Waals surface area contributed by atoms with Gasteiger partial charge in [0.2, 0.25) is 0 Å². The van der Waals surface area contributed by atoms with Gasteiger partial charge in [-0.05, 0) is 18.6 Å². The van der Waals surface area contributed by atoms with Gasteiger partial charge in [-0.2, -0.15) is 5.26 Å². The van der Waals surface area contributed by atoms with Crippen molar-refractivity contribution < 1.29 is 8.42 Å². The fraction of sp³-hybridized carbons (Fsp3) is 0.231. The number of hydrogen-bond acceptors (Lipinski definition) is 6. The summed E-state index contributed by atoms with van der Waals surface area (Å²) < 4.78 is 26.3. The van der Waals surface area contributed by atoms with Crippen molar-refractivity contribution >= 4 is 32.2 Å². The molecule has 0 aliphatic carbocycles. The van der Waals surface area contributed by atoms with Gasteiger partial charge in [0.15, 0.2) is 10.4 Å². The number of nitrogens with two attached hydrogens (primary N) is 1. The zero-order valence-electron chi connectivity index (χ0n) is 11.3. The summed E-state index contributed by atoms with van der Waals surface area (Å²) in [4.78, 5) is 4.22. The van der Waals surface area contributed by atoms with Crippen LogP contribution < -0.4 is 10.5 Å². The van der Waals surface area contributed by atoms with Gasteiger partial charge >= 0.3 is 0 Å². The van der Waals surface area contributed by atoms with Crippen LogP contribution >= 0.6 is 11.3 Å². The van der Waals surface area contributed by atoms with Crippen molar-refractivity contribution in [2.45, 2.75) is 18.6 Å². The minimum Gasteiger partial charge on any atom is -0.399 e. The lowest BCUT2D eigenvalue weighted by atomic mass is 10.2. The first-order valence-electron chi connectivity index (χ1n) is 6.19. The Bertz CT molecular complexity index is 760. The van der Waals surface area contributed by atoms with Gasteiger partial charge in [-0.15, -0.1) is 11.3 Å². The summed E-state index contributed by atoms with van der Waals surface area (Å²) in [5, 5.41) is 9.76. The molecular formula is C13H14N4O2S2. The van der Waals surface area contributed by atoms with Gasteiger partial charge in [-0.1, -0.05) is 19.1 Å². The van der Waals surface area contributed by atoms with Crippen LogP contribution in [0.2, 0.25) is 0 Å². The highest BCUT2D eigenvalue weighted by molar-refractivity contribution is 7.93. The van der Waals surface area contributed by atoms with Crippen LogP contribution in [-0.4, -0.2) is 18.7 Å². The Morgan fingerprint density at radius 2 is 2.10 bits per heavy atom. The van der Waals surface area contributed by atoms with E-state index in [1.807, 2.05) is 12.1 Å². The number of nitriles is 1. The fourth-order valence-corrected chi connectivity index (χ4v) is 3.79. The van der Waals surface area contributed by atoms with Gasteiger partial charge in [0, 0.05) is 16.6 Å². The number of aromatic nitrogens is 1. The molecule has 0 spiro atoms. The number of nitrogen functional groups attached to an aromatic ring is 1. The lowest BCUT2D eigenvalue weighted by Gasteiger charge is -2.08. The molecule has 0 amide bonds. The first kappa shape index (κ1) is 15.3. The molecule has 1 atom stereocenters. The largest absolute Gasteiger partial charge is 0.399 e. The van der Waals surface area contributed by atoms with E-state index in [4.69, 9.17) is 11.0 Å². The normalized spacial score (nSPS) is 12.6. The second-order valence-corrected chi connectivity index (χ2v) is 7.05. The Morgan fingerprint density at radius 1 is 1.43 bits per heavy atom. The molecule has 0 saturated heterocycles. The molecular weight excluding hydrogens is 308 g/mol. The molecule has 2 aromatic rings. The molecule has 0 aliphatic heterocycles. The molecule has 21 heavy (non-hydrogen) atoms. The Morgan fingerprint density at radius 3 is 2.67 bits per heavy atom. The van der Waals surface area contributed by atoms with Gasteiger partial charge in [-0.3, -0.25) is 4.72 Å². The molecule has 0 bridgehead atoms. The molecule has 1 aromatic carbocycles. The monoisotopic (exact) mass is 322 g/mol. The molecule has 0 aliphatic rings. The SMILES string of the molecule is CCC(C#N)S(=O)(=O)Nc1nc(-c2ccc(N)cc2)cs1. The third kappa shape index (κ3) is 3.51. The molecule has 1 aromatic heterocycles. The van der Waals surface area contributed by atoms with Crippen LogP contribution in [0.15, 0.2) is 29.6 Å². The van der Waals surface area contributed by atoms with E-state index in [9.17, 15) is 8.42 Å². The van der Waals surface area contributed by atoms with E-state index in [1.54, 1.807) is 30.5 Å². The van der Waals surface area contributed by atoms with E-state index in [-0.39, 0.29) is 11.6 Å². The summed E-state index contributed by atoms with van der Waals surface area (Å²) in [5.41, 5.74) is 7.77. The van der Waals surface area contributed by atoms with Crippen LogP contribution in [0.4, 0.5) is 10.8 Å². The highest BCUT2D eigenvalue weighted by atomic mass is 32.2. The highest BCUT2D eigenvalue weighted by Crippen LogP contribution is 2.26. The average Bonchev–Trinajstić information content (AvgIpc) is 2.88. The van der Waals surface area contributed by atoms with Crippen molar-refractivity contribution in [3.63, 3.8) is 0 Å². The molecule has 8 heteroatoms. The van der Waals surface area contributed by atoms with Crippen LogP contribution in [0, 0.1) is 11.3 Å². The molecule has 6 nitrogen and oxygen atoms in total. The molecule has 3 N–H and O–H groups in total. The predicted molar refractivity (Wildman–Crippen MR) is 84.2 cm³/mol. The Kier molecular flexibility index (Phi) is 4.45.